The van der Waals surface area contributed by atoms with Crippen LogP contribution in [0.1, 0.15) is 235 Å². The third kappa shape index (κ3) is 37.5. The molecule has 0 spiro atoms. The molecule has 12 atom stereocenters. The summed E-state index contributed by atoms with van der Waals surface area (Å²) < 4.78 is 53.0. The van der Waals surface area contributed by atoms with Gasteiger partial charge < -0.3 is 59.2 Å². The Morgan fingerprint density at radius 2 is 0.455 bits per heavy atom. The van der Waals surface area contributed by atoms with Crippen molar-refractivity contribution in [1.29, 1.82) is 0 Å². The minimum atomic E-state index is -0.699. The first-order chi connectivity index (χ1) is 54.3. The Hall–Kier alpha value is -6.42. The Balaban J connectivity index is 1.04. The fraction of sp³-hybridized carbons (Fsp3) is 0.875. The van der Waals surface area contributed by atoms with Crippen LogP contribution >= 0.6 is 0 Å². The quantitative estimate of drug-likeness (QED) is 0.0281. The summed E-state index contributed by atoms with van der Waals surface area (Å²) in [5.74, 6) is 0. The number of hydrogen-bond acceptors (Lipinski definition) is 22. The van der Waals surface area contributed by atoms with E-state index in [9.17, 15) is 47.9 Å². The first-order valence-electron chi connectivity index (χ1n) is 43.2. The molecule has 32 heteroatoms. The van der Waals surface area contributed by atoms with E-state index in [0.29, 0.717) is 258 Å². The molecule has 0 bridgehead atoms. The van der Waals surface area contributed by atoms with Crippen molar-refractivity contribution < 1.29 is 57.1 Å². The maximum atomic E-state index is 14.3. The summed E-state index contributed by atoms with van der Waals surface area (Å²) in [5, 5.41) is 11.4. The summed E-state index contributed by atoms with van der Waals surface area (Å²) in [6.45, 7) is 28.8. The summed E-state index contributed by atoms with van der Waals surface area (Å²) in [7, 11) is 0. The van der Waals surface area contributed by atoms with Crippen molar-refractivity contribution in [2.24, 2.45) is 0 Å². The van der Waals surface area contributed by atoms with Crippen LogP contribution in [0.4, 0.5) is 19.2 Å². The predicted molar refractivity (Wildman–Crippen MR) is 431 cm³/mol. The van der Waals surface area contributed by atoms with Gasteiger partial charge in [0, 0.05) is 168 Å². The van der Waals surface area contributed by atoms with Gasteiger partial charge in [0.2, 0.25) is 0 Å². The number of alkyl carbamates (subject to hydrolysis) is 4. The van der Waals surface area contributed by atoms with Gasteiger partial charge in [0.1, 0.15) is 24.4 Å². The maximum absolute atomic E-state index is 14.3. The second kappa shape index (κ2) is 54.4. The standard InChI is InChI=1S/C80H144N14O18/c1-9-13-47-105-59-67(55-85-51-63(85)5)109-71(95)81-37-27-17-21-31-41-89-75(99)90(42-32-22-18-28-38-82-72(96)110-68(56-86-52-64(86)6)60-106-48-14-10-2)78(102)93(77(89)101)45-35-25-26-36-46-94-79(103)91(43-33-23-19-29-39-83-73(97)111-69(57-87-53-65(87)7)61-107-49-15-11-3)76(100)92(80(94)104)44-34-24-20-30-40-84-74(98)112-70(58-88-54-66(88)8)62-108-50-16-12-4/h63-70H,9-62H2,1-8H3,(H,81,95)(H,82,96)(H,83,97)(H,84,98). The van der Waals surface area contributed by atoms with Crippen LogP contribution in [0.3, 0.4) is 0 Å². The Morgan fingerprint density at radius 3 is 0.616 bits per heavy atom. The fourth-order valence-corrected chi connectivity index (χ4v) is 13.5. The van der Waals surface area contributed by atoms with Crippen LogP contribution in [0.2, 0.25) is 0 Å². The Kier molecular flexibility index (Phi) is 45.9. The van der Waals surface area contributed by atoms with E-state index < -0.39 is 58.5 Å². The number of ether oxygens (including phenoxy) is 8. The molecule has 4 aliphatic rings. The molecule has 0 saturated carbocycles. The van der Waals surface area contributed by atoms with E-state index in [1.807, 2.05) is 0 Å². The summed E-state index contributed by atoms with van der Waals surface area (Å²) in [4.78, 5) is 146. The van der Waals surface area contributed by atoms with Gasteiger partial charge in [-0.3, -0.25) is 19.6 Å². The normalized spacial score (nSPS) is 19.8. The highest BCUT2D eigenvalue weighted by molar-refractivity contribution is 5.68. The van der Waals surface area contributed by atoms with Crippen molar-refractivity contribution in [3.05, 3.63) is 62.9 Å². The molecule has 12 unspecified atom stereocenters. The van der Waals surface area contributed by atoms with Gasteiger partial charge in [0.25, 0.3) is 0 Å². The zero-order valence-corrected chi connectivity index (χ0v) is 69.6. The average Bonchev–Trinajstić information content (AvgIpc) is 1.21. The molecule has 4 N–H and O–H groups in total. The number of nitrogens with zero attached hydrogens (tertiary/aromatic N) is 10. The molecule has 4 saturated heterocycles. The highest BCUT2D eigenvalue weighted by Gasteiger charge is 2.36. The molecule has 0 radical (unpaired) electrons. The van der Waals surface area contributed by atoms with Crippen LogP contribution in [0.5, 0.6) is 0 Å². The molecule has 2 aromatic rings. The second-order valence-corrected chi connectivity index (χ2v) is 31.4. The molecule has 32 nitrogen and oxygen atoms in total. The first-order valence-corrected chi connectivity index (χ1v) is 43.2. The molecule has 4 fully saturated rings. The molecule has 0 aromatic carbocycles. The van der Waals surface area contributed by atoms with Gasteiger partial charge in [-0.05, 0) is 118 Å². The van der Waals surface area contributed by atoms with Gasteiger partial charge in [-0.1, -0.05) is 118 Å². The van der Waals surface area contributed by atoms with Gasteiger partial charge in [-0.25, -0.2) is 75.3 Å². The molecule has 4 amide bonds. The van der Waals surface area contributed by atoms with Gasteiger partial charge in [-0.15, -0.1) is 0 Å². The van der Waals surface area contributed by atoms with Crippen molar-refractivity contribution in [1.82, 2.24) is 68.3 Å². The third-order valence-corrected chi connectivity index (χ3v) is 21.2. The number of amides is 4. The summed E-state index contributed by atoms with van der Waals surface area (Å²) >= 11 is 0. The minimum absolute atomic E-state index is 0.0195. The molecule has 0 aliphatic carbocycles. The fourth-order valence-electron chi connectivity index (χ4n) is 13.5. The van der Waals surface area contributed by atoms with E-state index in [1.165, 1.54) is 0 Å². The molecule has 4 aliphatic heterocycles. The lowest BCUT2D eigenvalue weighted by atomic mass is 10.2. The highest BCUT2D eigenvalue weighted by atomic mass is 16.6. The van der Waals surface area contributed by atoms with Crippen molar-refractivity contribution in [3.63, 3.8) is 0 Å². The number of nitrogens with one attached hydrogen (secondary N) is 4. The van der Waals surface area contributed by atoms with E-state index >= 15 is 0 Å². The minimum Gasteiger partial charge on any atom is -0.442 e. The van der Waals surface area contributed by atoms with E-state index in [1.54, 1.807) is 0 Å². The molecule has 2 aromatic heterocycles. The smallest absolute Gasteiger partial charge is 0.407 e. The lowest BCUT2D eigenvalue weighted by Gasteiger charge is -2.19. The number of aromatic nitrogens is 6. The first kappa shape index (κ1) is 94.4. The van der Waals surface area contributed by atoms with Crippen LogP contribution in [-0.4, -0.2) is 251 Å². The summed E-state index contributed by atoms with van der Waals surface area (Å²) in [6.07, 6.45) is 15.8. The highest BCUT2D eigenvalue weighted by Crippen LogP contribution is 2.21. The molecule has 6 rings (SSSR count). The van der Waals surface area contributed by atoms with Crippen LogP contribution in [0.15, 0.2) is 28.8 Å². The van der Waals surface area contributed by atoms with Crippen molar-refractivity contribution in [2.75, 3.05) is 131 Å². The number of hydrogen-bond donors (Lipinski definition) is 4. The van der Waals surface area contributed by atoms with Gasteiger partial charge in [0.05, 0.1) is 26.4 Å². The van der Waals surface area contributed by atoms with Gasteiger partial charge in [-0.2, -0.15) is 0 Å². The molecular weight excluding hydrogens is 1440 g/mol. The molecule has 6 heterocycles. The van der Waals surface area contributed by atoms with Crippen molar-refractivity contribution >= 4 is 24.4 Å². The zero-order valence-electron chi connectivity index (χ0n) is 69.6. The number of carbonyl (C=O) groups is 4. The summed E-state index contributed by atoms with van der Waals surface area (Å²) in [5.41, 5.74) is -4.16. The molecular formula is C80H144N14O18. The van der Waals surface area contributed by atoms with Gasteiger partial charge >= 0.3 is 58.5 Å². The van der Waals surface area contributed by atoms with E-state index in [2.05, 4.69) is 96.3 Å². The zero-order chi connectivity index (χ0) is 80.8. The molecule has 642 valence electrons. The van der Waals surface area contributed by atoms with Crippen molar-refractivity contribution in [3.8, 4) is 0 Å². The average molecular weight is 1590 g/mol. The Labute approximate surface area is 664 Å². The molecule has 112 heavy (non-hydrogen) atoms. The van der Waals surface area contributed by atoms with E-state index in [0.717, 1.165) is 105 Å². The van der Waals surface area contributed by atoms with Crippen LogP contribution < -0.4 is 55.4 Å². The lowest BCUT2D eigenvalue weighted by Crippen LogP contribution is -2.54. The van der Waals surface area contributed by atoms with Crippen LogP contribution in [-0.2, 0) is 77.2 Å². The maximum Gasteiger partial charge on any atom is 0.407 e. The van der Waals surface area contributed by atoms with E-state index in [-0.39, 0.29) is 63.7 Å². The van der Waals surface area contributed by atoms with E-state index in [4.69, 9.17) is 37.9 Å². The van der Waals surface area contributed by atoms with Crippen LogP contribution in [0.25, 0.3) is 0 Å². The van der Waals surface area contributed by atoms with Crippen LogP contribution in [0, 0.1) is 0 Å². The Bertz CT molecular complexity index is 2980. The Morgan fingerprint density at radius 1 is 0.286 bits per heavy atom. The number of rotatable bonds is 67. The third-order valence-electron chi connectivity index (χ3n) is 21.2. The van der Waals surface area contributed by atoms with Gasteiger partial charge in [0.15, 0.2) is 0 Å². The lowest BCUT2D eigenvalue weighted by molar-refractivity contribution is 0.0124. The predicted octanol–water partition coefficient (Wildman–Crippen LogP) is 7.62. The topological polar surface area (TPSA) is 334 Å². The monoisotopic (exact) mass is 1590 g/mol. The second-order valence-electron chi connectivity index (χ2n) is 31.4. The van der Waals surface area contributed by atoms with Crippen molar-refractivity contribution in [2.45, 2.75) is 323 Å². The number of carbonyl (C=O) groups excluding carboxylic acids is 4. The number of unbranched alkanes of at least 4 members (excludes halogenated alkanes) is 19. The SMILES string of the molecule is CCCCOCC(CN1CC1C)OC(=O)NCCCCCCn1c(=O)n(CCCCCCNC(=O)OC(COCCCC)CN2CC2C)c(=O)n(CCCCCCn2c(=O)n(CCCCCCNC(=O)OC(COCCCC)CN3CC3C)c(=O)n(CCCCCCNC(=O)OC(COCCCC)CN3CC3C)c2=O)c1=O. The summed E-state index contributed by atoms with van der Waals surface area (Å²) in [6, 6.07) is 1.82. The largest absolute Gasteiger partial charge is 0.442 e.